The molecule has 0 saturated carbocycles. The van der Waals surface area contributed by atoms with Crippen LogP contribution in [0.4, 0.5) is 0 Å². The van der Waals surface area contributed by atoms with Crippen molar-refractivity contribution < 1.29 is 4.74 Å². The molecule has 4 nitrogen and oxygen atoms in total. The summed E-state index contributed by atoms with van der Waals surface area (Å²) in [6.45, 7) is 3.73. The number of rotatable bonds is 2. The molecule has 2 rings (SSSR count). The first-order chi connectivity index (χ1) is 6.34. The molecule has 0 amide bonds. The Morgan fingerprint density at radius 2 is 2.54 bits per heavy atom. The van der Waals surface area contributed by atoms with Gasteiger partial charge in [0.2, 0.25) is 0 Å². The number of likely N-dealkylation sites (N-methyl/N-ethyl adjacent to an activating group) is 1. The molecule has 2 heterocycles. The van der Waals surface area contributed by atoms with Gasteiger partial charge in [0.1, 0.15) is 0 Å². The Balaban J connectivity index is 1.87. The van der Waals surface area contributed by atoms with Crippen LogP contribution < -0.4 is 0 Å². The zero-order chi connectivity index (χ0) is 9.10. The molecule has 0 N–H and O–H groups in total. The molecule has 13 heavy (non-hydrogen) atoms. The minimum absolute atomic E-state index is 0.290. The second-order valence-corrected chi connectivity index (χ2v) is 3.48. The normalized spacial score (nSPS) is 24.8. The third-order valence-electron chi connectivity index (χ3n) is 2.29. The Hall–Kier alpha value is -0.870. The molecule has 4 heteroatoms. The zero-order valence-electron chi connectivity index (χ0n) is 7.89. The summed E-state index contributed by atoms with van der Waals surface area (Å²) in [5.74, 6) is 0. The Bertz CT molecular complexity index is 247. The highest BCUT2D eigenvalue weighted by Crippen LogP contribution is 2.04. The van der Waals surface area contributed by atoms with E-state index in [4.69, 9.17) is 4.74 Å². The number of hydrogen-bond donors (Lipinski definition) is 0. The van der Waals surface area contributed by atoms with Crippen LogP contribution in [-0.2, 0) is 11.3 Å². The van der Waals surface area contributed by atoms with Gasteiger partial charge in [0, 0.05) is 25.5 Å². The van der Waals surface area contributed by atoms with Crippen molar-refractivity contribution >= 4 is 0 Å². The molecule has 1 fully saturated rings. The molecular weight excluding hydrogens is 166 g/mol. The van der Waals surface area contributed by atoms with Gasteiger partial charge in [0.25, 0.3) is 0 Å². The average molecular weight is 181 g/mol. The third kappa shape index (κ3) is 2.29. The van der Waals surface area contributed by atoms with Crippen molar-refractivity contribution in [3.63, 3.8) is 0 Å². The van der Waals surface area contributed by atoms with Crippen molar-refractivity contribution in [3.05, 3.63) is 18.5 Å². The maximum absolute atomic E-state index is 5.62. The van der Waals surface area contributed by atoms with Gasteiger partial charge in [-0.3, -0.25) is 4.68 Å². The second-order valence-electron chi connectivity index (χ2n) is 3.48. The Labute approximate surface area is 78.1 Å². The van der Waals surface area contributed by atoms with E-state index < -0.39 is 0 Å². The lowest BCUT2D eigenvalue weighted by molar-refractivity contribution is -0.0290. The molecule has 0 aromatic carbocycles. The van der Waals surface area contributed by atoms with E-state index in [1.807, 2.05) is 16.9 Å². The molecule has 0 aliphatic carbocycles. The molecule has 0 bridgehead atoms. The number of aromatic nitrogens is 2. The molecule has 1 atom stereocenters. The van der Waals surface area contributed by atoms with Gasteiger partial charge in [-0.15, -0.1) is 0 Å². The quantitative estimate of drug-likeness (QED) is 0.653. The third-order valence-corrected chi connectivity index (χ3v) is 2.29. The first-order valence-electron chi connectivity index (χ1n) is 4.62. The summed E-state index contributed by atoms with van der Waals surface area (Å²) in [6.07, 6.45) is 4.06. The van der Waals surface area contributed by atoms with Crippen molar-refractivity contribution in [1.29, 1.82) is 0 Å². The summed E-state index contributed by atoms with van der Waals surface area (Å²) < 4.78 is 7.54. The van der Waals surface area contributed by atoms with Gasteiger partial charge in [-0.1, -0.05) is 0 Å². The highest BCUT2D eigenvalue weighted by molar-refractivity contribution is 4.79. The second kappa shape index (κ2) is 3.89. The lowest BCUT2D eigenvalue weighted by Gasteiger charge is -2.29. The predicted octanol–water partition coefficient (Wildman–Crippen LogP) is 0.214. The number of ether oxygens (including phenoxy) is 1. The monoisotopic (exact) mass is 181 g/mol. The first-order valence-corrected chi connectivity index (χ1v) is 4.62. The Morgan fingerprint density at radius 1 is 1.62 bits per heavy atom. The molecule has 0 spiro atoms. The van der Waals surface area contributed by atoms with E-state index in [1.165, 1.54) is 0 Å². The summed E-state index contributed by atoms with van der Waals surface area (Å²) in [4.78, 5) is 2.29. The molecule has 0 radical (unpaired) electrons. The van der Waals surface area contributed by atoms with E-state index in [0.717, 1.165) is 26.2 Å². The molecular formula is C9H15N3O. The van der Waals surface area contributed by atoms with Crippen molar-refractivity contribution in [1.82, 2.24) is 14.7 Å². The van der Waals surface area contributed by atoms with Crippen molar-refractivity contribution in [3.8, 4) is 0 Å². The van der Waals surface area contributed by atoms with Gasteiger partial charge in [-0.05, 0) is 13.1 Å². The molecule has 0 unspecified atom stereocenters. The fraction of sp³-hybridized carbons (Fsp3) is 0.667. The molecule has 1 saturated heterocycles. The SMILES string of the molecule is CN1CCO[C@H](Cn2cccn2)C1. The minimum Gasteiger partial charge on any atom is -0.374 e. The summed E-state index contributed by atoms with van der Waals surface area (Å²) in [6, 6.07) is 1.94. The average Bonchev–Trinajstić information content (AvgIpc) is 2.57. The van der Waals surface area contributed by atoms with Gasteiger partial charge in [-0.2, -0.15) is 5.10 Å². The molecule has 1 aliphatic heterocycles. The van der Waals surface area contributed by atoms with E-state index in [0.29, 0.717) is 6.10 Å². The fourth-order valence-electron chi connectivity index (χ4n) is 1.59. The van der Waals surface area contributed by atoms with Gasteiger partial charge >= 0.3 is 0 Å². The van der Waals surface area contributed by atoms with E-state index in [1.54, 1.807) is 6.20 Å². The van der Waals surface area contributed by atoms with Crippen LogP contribution in [0.3, 0.4) is 0 Å². The van der Waals surface area contributed by atoms with Crippen LogP contribution in [0.15, 0.2) is 18.5 Å². The van der Waals surface area contributed by atoms with Gasteiger partial charge < -0.3 is 9.64 Å². The van der Waals surface area contributed by atoms with Crippen molar-refractivity contribution in [2.45, 2.75) is 12.6 Å². The highest BCUT2D eigenvalue weighted by atomic mass is 16.5. The molecule has 1 aromatic rings. The topological polar surface area (TPSA) is 30.3 Å². The predicted molar refractivity (Wildman–Crippen MR) is 49.5 cm³/mol. The molecule has 1 aromatic heterocycles. The van der Waals surface area contributed by atoms with E-state index in [-0.39, 0.29) is 0 Å². The van der Waals surface area contributed by atoms with Crippen LogP contribution in [-0.4, -0.2) is 47.5 Å². The number of hydrogen-bond acceptors (Lipinski definition) is 3. The molecule has 72 valence electrons. The standard InChI is InChI=1S/C9H15N3O/c1-11-5-6-13-9(7-11)8-12-4-2-3-10-12/h2-4,9H,5-8H2,1H3/t9-/m0/s1. The fourth-order valence-corrected chi connectivity index (χ4v) is 1.59. The first kappa shape index (κ1) is 8.72. The van der Waals surface area contributed by atoms with Crippen LogP contribution >= 0.6 is 0 Å². The number of nitrogens with zero attached hydrogens (tertiary/aromatic N) is 3. The maximum Gasteiger partial charge on any atom is 0.0897 e. The zero-order valence-corrected chi connectivity index (χ0v) is 7.89. The van der Waals surface area contributed by atoms with Gasteiger partial charge in [0.15, 0.2) is 0 Å². The highest BCUT2D eigenvalue weighted by Gasteiger charge is 2.17. The maximum atomic E-state index is 5.62. The van der Waals surface area contributed by atoms with Crippen LogP contribution in [0.2, 0.25) is 0 Å². The minimum atomic E-state index is 0.290. The smallest absolute Gasteiger partial charge is 0.0897 e. The Morgan fingerprint density at radius 3 is 3.23 bits per heavy atom. The summed E-state index contributed by atoms with van der Waals surface area (Å²) >= 11 is 0. The van der Waals surface area contributed by atoms with Crippen molar-refractivity contribution in [2.75, 3.05) is 26.7 Å². The largest absolute Gasteiger partial charge is 0.374 e. The van der Waals surface area contributed by atoms with Crippen LogP contribution in [0, 0.1) is 0 Å². The van der Waals surface area contributed by atoms with Crippen LogP contribution in [0.1, 0.15) is 0 Å². The van der Waals surface area contributed by atoms with Crippen LogP contribution in [0.25, 0.3) is 0 Å². The number of morpholine rings is 1. The summed E-state index contributed by atoms with van der Waals surface area (Å²) in [7, 11) is 2.12. The van der Waals surface area contributed by atoms with Gasteiger partial charge in [-0.25, -0.2) is 0 Å². The van der Waals surface area contributed by atoms with Crippen molar-refractivity contribution in [2.24, 2.45) is 0 Å². The Kier molecular flexibility index (Phi) is 2.61. The molecule has 1 aliphatic rings. The van der Waals surface area contributed by atoms with E-state index in [2.05, 4.69) is 17.0 Å². The summed E-state index contributed by atoms with van der Waals surface area (Å²) in [5, 5.41) is 4.15. The van der Waals surface area contributed by atoms with Crippen LogP contribution in [0.5, 0.6) is 0 Å². The lowest BCUT2D eigenvalue weighted by Crippen LogP contribution is -2.42. The lowest BCUT2D eigenvalue weighted by atomic mass is 10.3. The van der Waals surface area contributed by atoms with E-state index in [9.17, 15) is 0 Å². The summed E-state index contributed by atoms with van der Waals surface area (Å²) in [5.41, 5.74) is 0. The van der Waals surface area contributed by atoms with E-state index >= 15 is 0 Å². The van der Waals surface area contributed by atoms with Gasteiger partial charge in [0.05, 0.1) is 19.3 Å².